The summed E-state index contributed by atoms with van der Waals surface area (Å²) in [5, 5.41) is 0.700. The molecule has 1 aromatic rings. The molecule has 2 unspecified atom stereocenters. The van der Waals surface area contributed by atoms with E-state index in [1.165, 1.54) is 6.42 Å². The number of piperidine rings is 1. The first-order chi connectivity index (χ1) is 14.3. The van der Waals surface area contributed by atoms with Crippen LogP contribution in [0.5, 0.6) is 0 Å². The Bertz CT molecular complexity index is 718. The van der Waals surface area contributed by atoms with Crippen molar-refractivity contribution in [3.05, 3.63) is 34.9 Å². The molecular formula is C23H35ClN4O2. The monoisotopic (exact) mass is 434 g/mol. The molecule has 2 fully saturated rings. The average Bonchev–Trinajstić information content (AvgIpc) is 2.74. The molecule has 0 saturated carbocycles. The summed E-state index contributed by atoms with van der Waals surface area (Å²) in [5.74, 6) is 0.368. The number of carbonyl (C=O) groups excluding carboxylic acids is 2. The SMILES string of the molecule is CC(c1ccc(Cl)cc1)N(C)C(=O)CN1CCN(CC(=O)N2CCCCC2C)CC1. The number of piperazine rings is 1. The molecule has 1 aromatic carbocycles. The minimum Gasteiger partial charge on any atom is -0.339 e. The van der Waals surface area contributed by atoms with Gasteiger partial charge in [-0.05, 0) is 50.8 Å². The second-order valence-electron chi connectivity index (χ2n) is 8.72. The molecule has 0 aliphatic carbocycles. The normalized spacial score (nSPS) is 22.0. The zero-order chi connectivity index (χ0) is 21.7. The van der Waals surface area contributed by atoms with Crippen LogP contribution in [0.2, 0.25) is 5.02 Å². The van der Waals surface area contributed by atoms with E-state index < -0.39 is 0 Å². The maximum absolute atomic E-state index is 12.8. The molecule has 30 heavy (non-hydrogen) atoms. The summed E-state index contributed by atoms with van der Waals surface area (Å²) < 4.78 is 0. The van der Waals surface area contributed by atoms with Crippen LogP contribution >= 0.6 is 11.6 Å². The van der Waals surface area contributed by atoms with Crippen molar-refractivity contribution in [2.45, 2.75) is 45.2 Å². The van der Waals surface area contributed by atoms with Crippen LogP contribution in [0.1, 0.15) is 44.7 Å². The van der Waals surface area contributed by atoms with E-state index in [9.17, 15) is 9.59 Å². The third-order valence-corrected chi connectivity index (χ3v) is 6.88. The number of amides is 2. The molecule has 7 heteroatoms. The fourth-order valence-electron chi connectivity index (χ4n) is 4.34. The Morgan fingerprint density at radius 3 is 2.23 bits per heavy atom. The number of halogens is 1. The van der Waals surface area contributed by atoms with Gasteiger partial charge in [-0.15, -0.1) is 0 Å². The molecule has 2 aliphatic heterocycles. The molecule has 2 heterocycles. The van der Waals surface area contributed by atoms with Gasteiger partial charge in [0.15, 0.2) is 0 Å². The smallest absolute Gasteiger partial charge is 0.236 e. The summed E-state index contributed by atoms with van der Waals surface area (Å²) in [5.41, 5.74) is 1.07. The molecule has 2 aliphatic rings. The largest absolute Gasteiger partial charge is 0.339 e. The van der Waals surface area contributed by atoms with E-state index in [0.717, 1.165) is 51.1 Å². The molecule has 2 atom stereocenters. The number of benzene rings is 1. The van der Waals surface area contributed by atoms with Gasteiger partial charge < -0.3 is 9.80 Å². The first-order valence-electron chi connectivity index (χ1n) is 11.1. The highest BCUT2D eigenvalue weighted by Crippen LogP contribution is 2.21. The standard InChI is InChI=1S/C23H35ClN4O2/c1-18-6-4-5-11-28(18)23(30)17-27-14-12-26(13-15-27)16-22(29)25(3)19(2)20-7-9-21(24)10-8-20/h7-10,18-19H,4-6,11-17H2,1-3H3. The zero-order valence-corrected chi connectivity index (χ0v) is 19.3. The Labute approximate surface area is 185 Å². The zero-order valence-electron chi connectivity index (χ0n) is 18.5. The quantitative estimate of drug-likeness (QED) is 0.690. The summed E-state index contributed by atoms with van der Waals surface area (Å²) in [4.78, 5) is 33.7. The molecule has 0 spiro atoms. The predicted octanol–water partition coefficient (Wildman–Crippen LogP) is 2.88. The van der Waals surface area contributed by atoms with Gasteiger partial charge in [-0.2, -0.15) is 0 Å². The number of rotatable bonds is 6. The summed E-state index contributed by atoms with van der Waals surface area (Å²) in [6.07, 6.45) is 3.46. The van der Waals surface area contributed by atoms with Crippen molar-refractivity contribution in [2.24, 2.45) is 0 Å². The third kappa shape index (κ3) is 5.96. The van der Waals surface area contributed by atoms with Gasteiger partial charge in [-0.1, -0.05) is 23.7 Å². The number of likely N-dealkylation sites (tertiary alicyclic amines) is 1. The Balaban J connectivity index is 1.43. The second kappa shape index (κ2) is 10.6. The van der Waals surface area contributed by atoms with E-state index >= 15 is 0 Å². The number of likely N-dealkylation sites (N-methyl/N-ethyl adjacent to an activating group) is 1. The van der Waals surface area contributed by atoms with E-state index in [1.54, 1.807) is 4.90 Å². The van der Waals surface area contributed by atoms with Crippen LogP contribution in [0, 0.1) is 0 Å². The minimum atomic E-state index is 0.000194. The first kappa shape index (κ1) is 23.0. The maximum Gasteiger partial charge on any atom is 0.236 e. The molecule has 0 N–H and O–H groups in total. The lowest BCUT2D eigenvalue weighted by Crippen LogP contribution is -2.53. The van der Waals surface area contributed by atoms with E-state index in [-0.39, 0.29) is 17.9 Å². The molecule has 6 nitrogen and oxygen atoms in total. The van der Waals surface area contributed by atoms with Gasteiger partial charge in [0, 0.05) is 50.8 Å². The lowest BCUT2D eigenvalue weighted by Gasteiger charge is -2.38. The number of hydrogen-bond acceptors (Lipinski definition) is 4. The lowest BCUT2D eigenvalue weighted by atomic mass is 10.0. The van der Waals surface area contributed by atoms with E-state index in [2.05, 4.69) is 16.7 Å². The fourth-order valence-corrected chi connectivity index (χ4v) is 4.47. The number of carbonyl (C=O) groups is 2. The van der Waals surface area contributed by atoms with Gasteiger partial charge in [-0.25, -0.2) is 0 Å². The Kier molecular flexibility index (Phi) is 8.14. The third-order valence-electron chi connectivity index (χ3n) is 6.63. The van der Waals surface area contributed by atoms with Crippen molar-refractivity contribution in [3.63, 3.8) is 0 Å². The van der Waals surface area contributed by atoms with Crippen molar-refractivity contribution < 1.29 is 9.59 Å². The fraction of sp³-hybridized carbons (Fsp3) is 0.652. The van der Waals surface area contributed by atoms with Crippen LogP contribution in [0.15, 0.2) is 24.3 Å². The van der Waals surface area contributed by atoms with Crippen LogP contribution in [-0.2, 0) is 9.59 Å². The van der Waals surface area contributed by atoms with Crippen LogP contribution in [0.4, 0.5) is 0 Å². The van der Waals surface area contributed by atoms with Gasteiger partial charge in [0.1, 0.15) is 0 Å². The van der Waals surface area contributed by atoms with Crippen molar-refractivity contribution >= 4 is 23.4 Å². The first-order valence-corrected chi connectivity index (χ1v) is 11.5. The molecule has 0 radical (unpaired) electrons. The highest BCUT2D eigenvalue weighted by atomic mass is 35.5. The van der Waals surface area contributed by atoms with Crippen LogP contribution in [0.25, 0.3) is 0 Å². The lowest BCUT2D eigenvalue weighted by molar-refractivity contribution is -0.137. The van der Waals surface area contributed by atoms with Crippen molar-refractivity contribution in [3.8, 4) is 0 Å². The van der Waals surface area contributed by atoms with E-state index in [4.69, 9.17) is 11.6 Å². The predicted molar refractivity (Wildman–Crippen MR) is 121 cm³/mol. The molecular weight excluding hydrogens is 400 g/mol. The summed E-state index contributed by atoms with van der Waals surface area (Å²) in [7, 11) is 1.86. The van der Waals surface area contributed by atoms with Gasteiger partial charge in [-0.3, -0.25) is 19.4 Å². The summed E-state index contributed by atoms with van der Waals surface area (Å²) in [6.45, 7) is 9.30. The Morgan fingerprint density at radius 2 is 1.63 bits per heavy atom. The Hall–Kier alpha value is -1.63. The Morgan fingerprint density at radius 1 is 1.03 bits per heavy atom. The van der Waals surface area contributed by atoms with Crippen molar-refractivity contribution in [2.75, 3.05) is 52.9 Å². The summed E-state index contributed by atoms with van der Waals surface area (Å²) >= 11 is 5.97. The highest BCUT2D eigenvalue weighted by Gasteiger charge is 2.27. The van der Waals surface area contributed by atoms with Gasteiger partial charge in [0.25, 0.3) is 0 Å². The van der Waals surface area contributed by atoms with Gasteiger partial charge in [0.05, 0.1) is 19.1 Å². The topological polar surface area (TPSA) is 47.1 Å². The van der Waals surface area contributed by atoms with Crippen LogP contribution in [-0.4, -0.2) is 90.3 Å². The minimum absolute atomic E-state index is 0.000194. The van der Waals surface area contributed by atoms with Gasteiger partial charge in [0.2, 0.25) is 11.8 Å². The highest BCUT2D eigenvalue weighted by molar-refractivity contribution is 6.30. The van der Waals surface area contributed by atoms with Crippen LogP contribution < -0.4 is 0 Å². The molecule has 166 valence electrons. The van der Waals surface area contributed by atoms with Crippen molar-refractivity contribution in [1.29, 1.82) is 0 Å². The van der Waals surface area contributed by atoms with E-state index in [0.29, 0.717) is 24.2 Å². The molecule has 2 amide bonds. The second-order valence-corrected chi connectivity index (χ2v) is 9.15. The number of nitrogens with zero attached hydrogens (tertiary/aromatic N) is 4. The maximum atomic E-state index is 12.8. The average molecular weight is 435 g/mol. The van der Waals surface area contributed by atoms with Crippen molar-refractivity contribution in [1.82, 2.24) is 19.6 Å². The van der Waals surface area contributed by atoms with Gasteiger partial charge >= 0.3 is 0 Å². The van der Waals surface area contributed by atoms with E-state index in [1.807, 2.05) is 43.1 Å². The number of hydrogen-bond donors (Lipinski definition) is 0. The molecule has 0 aromatic heterocycles. The summed E-state index contributed by atoms with van der Waals surface area (Å²) in [6, 6.07) is 8.02. The van der Waals surface area contributed by atoms with Crippen LogP contribution in [0.3, 0.4) is 0 Å². The molecule has 3 rings (SSSR count). The molecule has 0 bridgehead atoms. The molecule has 2 saturated heterocycles.